The van der Waals surface area contributed by atoms with E-state index in [1.54, 1.807) is 29.2 Å². The third-order valence-electron chi connectivity index (χ3n) is 6.97. The van der Waals surface area contributed by atoms with Crippen LogP contribution in [0.25, 0.3) is 11.3 Å². The Hall–Kier alpha value is -3.89. The first-order valence-electron chi connectivity index (χ1n) is 13.2. The molecule has 0 unspecified atom stereocenters. The van der Waals surface area contributed by atoms with Gasteiger partial charge < -0.3 is 9.64 Å². The van der Waals surface area contributed by atoms with Crippen molar-refractivity contribution in [1.82, 2.24) is 19.8 Å². The van der Waals surface area contributed by atoms with E-state index >= 15 is 0 Å². The van der Waals surface area contributed by atoms with Gasteiger partial charge in [-0.2, -0.15) is 13.2 Å². The summed E-state index contributed by atoms with van der Waals surface area (Å²) < 4.78 is 46.0. The normalized spacial score (nSPS) is 14.3. The van der Waals surface area contributed by atoms with Crippen molar-refractivity contribution in [3.05, 3.63) is 108 Å². The van der Waals surface area contributed by atoms with Crippen molar-refractivity contribution in [3.8, 4) is 17.0 Å². The molecule has 6 nitrogen and oxygen atoms in total. The molecular formula is C31H29F3N4O2S. The van der Waals surface area contributed by atoms with E-state index in [4.69, 9.17) is 4.74 Å². The Morgan fingerprint density at radius 3 is 2.00 bits per heavy atom. The quantitative estimate of drug-likeness (QED) is 0.183. The van der Waals surface area contributed by atoms with Gasteiger partial charge in [0.15, 0.2) is 5.16 Å². The maximum atomic E-state index is 13.6. The highest BCUT2D eigenvalue weighted by Crippen LogP contribution is 2.33. The van der Waals surface area contributed by atoms with E-state index in [1.807, 2.05) is 36.4 Å². The number of hydrogen-bond acceptors (Lipinski definition) is 6. The minimum Gasteiger partial charge on any atom is -0.497 e. The van der Waals surface area contributed by atoms with Crippen LogP contribution in [0.15, 0.2) is 96.2 Å². The van der Waals surface area contributed by atoms with Crippen LogP contribution in [0.3, 0.4) is 0 Å². The first-order valence-corrected chi connectivity index (χ1v) is 14.2. The molecule has 1 fully saturated rings. The smallest absolute Gasteiger partial charge is 0.433 e. The highest BCUT2D eigenvalue weighted by molar-refractivity contribution is 7.99. The summed E-state index contributed by atoms with van der Waals surface area (Å²) in [4.78, 5) is 25.2. The number of methoxy groups -OCH3 is 1. The number of amides is 1. The highest BCUT2D eigenvalue weighted by Gasteiger charge is 2.34. The van der Waals surface area contributed by atoms with Gasteiger partial charge in [-0.1, -0.05) is 72.4 Å². The molecule has 0 radical (unpaired) electrons. The lowest BCUT2D eigenvalue weighted by Crippen LogP contribution is -2.50. The van der Waals surface area contributed by atoms with Crippen molar-refractivity contribution < 1.29 is 22.7 Å². The minimum absolute atomic E-state index is 0.0514. The van der Waals surface area contributed by atoms with E-state index in [9.17, 15) is 18.0 Å². The van der Waals surface area contributed by atoms with Crippen LogP contribution >= 0.6 is 11.8 Å². The first-order chi connectivity index (χ1) is 19.8. The first kappa shape index (κ1) is 28.6. The predicted molar refractivity (Wildman–Crippen MR) is 153 cm³/mol. The molecule has 0 aliphatic carbocycles. The Kier molecular flexibility index (Phi) is 8.90. The number of alkyl halides is 3. The van der Waals surface area contributed by atoms with E-state index in [0.717, 1.165) is 17.8 Å². The van der Waals surface area contributed by atoms with Crippen molar-refractivity contribution >= 4 is 17.7 Å². The van der Waals surface area contributed by atoms with Gasteiger partial charge in [0.2, 0.25) is 5.91 Å². The average molecular weight is 579 g/mol. The molecule has 1 aliphatic rings. The third kappa shape index (κ3) is 7.07. The largest absolute Gasteiger partial charge is 0.497 e. The molecule has 5 rings (SSSR count). The lowest BCUT2D eigenvalue weighted by molar-refractivity contribution is -0.141. The Morgan fingerprint density at radius 1 is 0.878 bits per heavy atom. The van der Waals surface area contributed by atoms with Crippen LogP contribution in [-0.4, -0.2) is 64.7 Å². The number of aromatic nitrogens is 2. The molecule has 1 aromatic heterocycles. The maximum absolute atomic E-state index is 13.6. The number of halogens is 3. The molecule has 0 spiro atoms. The van der Waals surface area contributed by atoms with Crippen LogP contribution < -0.4 is 4.74 Å². The van der Waals surface area contributed by atoms with E-state index in [0.29, 0.717) is 37.5 Å². The zero-order valence-electron chi connectivity index (χ0n) is 22.4. The molecule has 0 N–H and O–H groups in total. The second kappa shape index (κ2) is 12.7. The van der Waals surface area contributed by atoms with Crippen molar-refractivity contribution in [2.24, 2.45) is 0 Å². The Balaban J connectivity index is 1.25. The van der Waals surface area contributed by atoms with Gasteiger partial charge in [0, 0.05) is 31.7 Å². The number of carbonyl (C=O) groups excluding carboxylic acids is 1. The molecule has 10 heteroatoms. The van der Waals surface area contributed by atoms with Crippen LogP contribution in [0.2, 0.25) is 0 Å². The maximum Gasteiger partial charge on any atom is 0.433 e. The Bertz CT molecular complexity index is 1410. The van der Waals surface area contributed by atoms with Crippen molar-refractivity contribution in [3.63, 3.8) is 0 Å². The summed E-state index contributed by atoms with van der Waals surface area (Å²) in [5.74, 6) is 0.375. The second-order valence-corrected chi connectivity index (χ2v) is 10.5. The van der Waals surface area contributed by atoms with E-state index in [2.05, 4.69) is 39.1 Å². The van der Waals surface area contributed by atoms with Crippen LogP contribution in [0, 0.1) is 0 Å². The summed E-state index contributed by atoms with van der Waals surface area (Å²) in [7, 11) is 1.51. The molecule has 212 valence electrons. The van der Waals surface area contributed by atoms with Gasteiger partial charge in [0.1, 0.15) is 11.4 Å². The molecule has 1 saturated heterocycles. The topological polar surface area (TPSA) is 58.6 Å². The van der Waals surface area contributed by atoms with Crippen LogP contribution in [-0.2, 0) is 11.0 Å². The number of piperazine rings is 1. The fourth-order valence-corrected chi connectivity index (χ4v) is 5.64. The van der Waals surface area contributed by atoms with Gasteiger partial charge in [0.05, 0.1) is 24.6 Å². The standard InChI is InChI=1S/C31H29F3N4O2S/c1-40-25-14-12-22(13-15-25)26-20-27(31(32,33)34)36-30(35-26)41-21-28(39)37-16-18-38(19-17-37)29(23-8-4-2-5-9-23)24-10-6-3-7-11-24/h2-15,20,29H,16-19,21H2,1H3. The fourth-order valence-electron chi connectivity index (χ4n) is 4.88. The summed E-state index contributed by atoms with van der Waals surface area (Å²) in [6.45, 7) is 2.39. The molecule has 4 aromatic rings. The Labute approximate surface area is 241 Å². The van der Waals surface area contributed by atoms with Gasteiger partial charge in [-0.15, -0.1) is 0 Å². The third-order valence-corrected chi connectivity index (χ3v) is 7.80. The van der Waals surface area contributed by atoms with Crippen molar-refractivity contribution in [2.75, 3.05) is 39.0 Å². The number of carbonyl (C=O) groups is 1. The van der Waals surface area contributed by atoms with Gasteiger partial charge >= 0.3 is 6.18 Å². The zero-order chi connectivity index (χ0) is 28.8. The van der Waals surface area contributed by atoms with Crippen molar-refractivity contribution in [1.29, 1.82) is 0 Å². The number of nitrogens with zero attached hydrogens (tertiary/aromatic N) is 4. The average Bonchev–Trinajstić information content (AvgIpc) is 3.01. The molecule has 3 aromatic carbocycles. The molecule has 1 amide bonds. The monoisotopic (exact) mass is 578 g/mol. The van der Waals surface area contributed by atoms with Gasteiger partial charge in [-0.3, -0.25) is 9.69 Å². The van der Waals surface area contributed by atoms with E-state index < -0.39 is 11.9 Å². The summed E-state index contributed by atoms with van der Waals surface area (Å²) in [6, 6.07) is 28.1. The van der Waals surface area contributed by atoms with Crippen LogP contribution in [0.1, 0.15) is 22.9 Å². The zero-order valence-corrected chi connectivity index (χ0v) is 23.2. The summed E-state index contributed by atoms with van der Waals surface area (Å²) in [6.07, 6.45) is -4.64. The number of benzene rings is 3. The highest BCUT2D eigenvalue weighted by atomic mass is 32.2. The lowest BCUT2D eigenvalue weighted by atomic mass is 9.96. The summed E-state index contributed by atoms with van der Waals surface area (Å²) >= 11 is 0.918. The van der Waals surface area contributed by atoms with Gasteiger partial charge in [-0.25, -0.2) is 9.97 Å². The van der Waals surface area contributed by atoms with Crippen LogP contribution in [0.5, 0.6) is 5.75 Å². The molecule has 41 heavy (non-hydrogen) atoms. The van der Waals surface area contributed by atoms with Gasteiger partial charge in [-0.05, 0) is 41.5 Å². The number of thioether (sulfide) groups is 1. The second-order valence-electron chi connectivity index (χ2n) is 9.58. The fraction of sp³-hybridized carbons (Fsp3) is 0.258. The number of rotatable bonds is 8. The van der Waals surface area contributed by atoms with E-state index in [1.165, 1.54) is 18.2 Å². The summed E-state index contributed by atoms with van der Waals surface area (Å²) in [5, 5.41) is -0.0918. The van der Waals surface area contributed by atoms with E-state index in [-0.39, 0.29) is 28.6 Å². The SMILES string of the molecule is COc1ccc(-c2cc(C(F)(F)F)nc(SCC(=O)N3CCN(C(c4ccccc4)c4ccccc4)CC3)n2)cc1. The minimum atomic E-state index is -4.64. The predicted octanol–water partition coefficient (Wildman–Crippen LogP) is 6.20. The molecular weight excluding hydrogens is 549 g/mol. The molecule has 0 bridgehead atoms. The van der Waals surface area contributed by atoms with Gasteiger partial charge in [0.25, 0.3) is 0 Å². The molecule has 2 heterocycles. The number of ether oxygens (including phenoxy) is 1. The number of hydrogen-bond donors (Lipinski definition) is 0. The van der Waals surface area contributed by atoms with Crippen molar-refractivity contribution in [2.45, 2.75) is 17.4 Å². The molecule has 0 atom stereocenters. The Morgan fingerprint density at radius 2 is 1.46 bits per heavy atom. The van der Waals surface area contributed by atoms with Crippen LogP contribution in [0.4, 0.5) is 13.2 Å². The lowest BCUT2D eigenvalue weighted by Gasteiger charge is -2.39. The molecule has 0 saturated carbocycles. The molecule has 1 aliphatic heterocycles. The summed E-state index contributed by atoms with van der Waals surface area (Å²) in [5.41, 5.74) is 1.95.